The molecule has 0 bridgehead atoms. The molecule has 0 N–H and O–H groups in total. The van der Waals surface area contributed by atoms with Gasteiger partial charge in [0.25, 0.3) is 0 Å². The third kappa shape index (κ3) is 2.89. The first-order chi connectivity index (χ1) is 11.8. The fourth-order valence-electron chi connectivity index (χ4n) is 4.16. The average Bonchev–Trinajstić information content (AvgIpc) is 2.99. The summed E-state index contributed by atoms with van der Waals surface area (Å²) < 4.78 is 17.4. The highest BCUT2D eigenvalue weighted by Gasteiger charge is 2.41. The van der Waals surface area contributed by atoms with E-state index >= 15 is 0 Å². The van der Waals surface area contributed by atoms with Gasteiger partial charge in [0.05, 0.1) is 31.9 Å². The predicted molar refractivity (Wildman–Crippen MR) is 85.3 cm³/mol. The van der Waals surface area contributed by atoms with Crippen molar-refractivity contribution in [3.05, 3.63) is 35.9 Å². The van der Waals surface area contributed by atoms with Gasteiger partial charge in [0.15, 0.2) is 0 Å². The molecule has 3 atom stereocenters. The minimum Gasteiger partial charge on any atom is -0.468 e. The number of aromatic nitrogens is 2. The second kappa shape index (κ2) is 6.01. The fraction of sp³-hybridized carbons (Fsp3) is 0.667. The maximum Gasteiger partial charge on any atom is 0.219 e. The fourth-order valence-corrected chi connectivity index (χ4v) is 4.16. The van der Waals surface area contributed by atoms with Gasteiger partial charge in [0, 0.05) is 18.4 Å². The quantitative estimate of drug-likeness (QED) is 0.840. The van der Waals surface area contributed by atoms with Crippen molar-refractivity contribution in [3.63, 3.8) is 0 Å². The Morgan fingerprint density at radius 2 is 2.17 bits per heavy atom. The van der Waals surface area contributed by atoms with Gasteiger partial charge in [-0.1, -0.05) is 0 Å². The highest BCUT2D eigenvalue weighted by molar-refractivity contribution is 5.02. The van der Waals surface area contributed by atoms with Crippen LogP contribution in [0.25, 0.3) is 0 Å². The SMILES string of the molecule is c1coc(CN2CC[C@@H]3[C@@H](CO[C@H]3Cc3nnc(C4CC4)o3)C2)c1. The Morgan fingerprint density at radius 1 is 1.21 bits per heavy atom. The standard InChI is InChI=1S/C18H23N3O3/c1-2-14(22-7-1)10-21-6-5-15-13(9-21)11-23-16(15)8-17-19-20-18(24-17)12-3-4-12/h1-2,7,12-13,15-16H,3-6,8-11H2/t13-,15-,16+/m1/s1. The summed E-state index contributed by atoms with van der Waals surface area (Å²) >= 11 is 0. The number of piperidine rings is 1. The maximum absolute atomic E-state index is 6.09. The number of hydrogen-bond acceptors (Lipinski definition) is 6. The molecule has 0 aromatic carbocycles. The van der Waals surface area contributed by atoms with Crippen LogP contribution in [-0.2, 0) is 17.7 Å². The van der Waals surface area contributed by atoms with Crippen LogP contribution >= 0.6 is 0 Å². The molecule has 6 heteroatoms. The van der Waals surface area contributed by atoms with Crippen molar-refractivity contribution in [2.75, 3.05) is 19.7 Å². The molecular formula is C18H23N3O3. The third-order valence-electron chi connectivity index (χ3n) is 5.62. The van der Waals surface area contributed by atoms with Crippen LogP contribution in [0.1, 0.15) is 42.7 Å². The highest BCUT2D eigenvalue weighted by atomic mass is 16.5. The maximum atomic E-state index is 6.09. The van der Waals surface area contributed by atoms with Crippen molar-refractivity contribution in [2.45, 2.75) is 44.2 Å². The number of likely N-dealkylation sites (tertiary alicyclic amines) is 1. The molecule has 2 aromatic rings. The zero-order valence-electron chi connectivity index (χ0n) is 13.8. The minimum atomic E-state index is 0.230. The highest BCUT2D eigenvalue weighted by Crippen LogP contribution is 2.40. The molecule has 5 rings (SSSR count). The van der Waals surface area contributed by atoms with E-state index in [1.165, 1.54) is 19.3 Å². The molecule has 1 saturated carbocycles. The lowest BCUT2D eigenvalue weighted by Gasteiger charge is -2.34. The van der Waals surface area contributed by atoms with Crippen LogP contribution < -0.4 is 0 Å². The van der Waals surface area contributed by atoms with E-state index in [1.807, 2.05) is 12.1 Å². The molecule has 0 radical (unpaired) electrons. The Balaban J connectivity index is 1.19. The van der Waals surface area contributed by atoms with Crippen LogP contribution in [0, 0.1) is 11.8 Å². The Kier molecular flexibility index (Phi) is 3.67. The zero-order chi connectivity index (χ0) is 15.9. The van der Waals surface area contributed by atoms with E-state index in [1.54, 1.807) is 6.26 Å². The molecule has 0 spiro atoms. The summed E-state index contributed by atoms with van der Waals surface area (Å²) in [5.74, 6) is 4.35. The van der Waals surface area contributed by atoms with Gasteiger partial charge in [-0.15, -0.1) is 10.2 Å². The molecule has 2 aromatic heterocycles. The summed E-state index contributed by atoms with van der Waals surface area (Å²) in [4.78, 5) is 2.48. The summed E-state index contributed by atoms with van der Waals surface area (Å²) in [6.45, 7) is 3.92. The molecule has 2 aliphatic heterocycles. The van der Waals surface area contributed by atoms with E-state index in [0.717, 1.165) is 50.2 Å². The molecule has 0 amide bonds. The number of furan rings is 1. The van der Waals surface area contributed by atoms with Gasteiger partial charge in [-0.3, -0.25) is 4.90 Å². The van der Waals surface area contributed by atoms with Gasteiger partial charge in [-0.2, -0.15) is 0 Å². The van der Waals surface area contributed by atoms with Gasteiger partial charge < -0.3 is 13.6 Å². The minimum absolute atomic E-state index is 0.230. The van der Waals surface area contributed by atoms with Crippen LogP contribution in [-0.4, -0.2) is 40.9 Å². The summed E-state index contributed by atoms with van der Waals surface area (Å²) in [6.07, 6.45) is 6.29. The van der Waals surface area contributed by atoms with Crippen LogP contribution in [0.4, 0.5) is 0 Å². The first-order valence-electron chi connectivity index (χ1n) is 9.04. The first-order valence-corrected chi connectivity index (χ1v) is 9.04. The number of rotatable bonds is 5. The predicted octanol–water partition coefficient (Wildman–Crippen LogP) is 2.62. The lowest BCUT2D eigenvalue weighted by Crippen LogP contribution is -2.41. The number of ether oxygens (including phenoxy) is 1. The Morgan fingerprint density at radius 3 is 3.00 bits per heavy atom. The smallest absolute Gasteiger partial charge is 0.219 e. The van der Waals surface area contributed by atoms with Crippen molar-refractivity contribution in [1.29, 1.82) is 0 Å². The number of hydrogen-bond donors (Lipinski definition) is 0. The van der Waals surface area contributed by atoms with Crippen LogP contribution in [0.15, 0.2) is 27.2 Å². The molecule has 128 valence electrons. The molecular weight excluding hydrogens is 306 g/mol. The molecule has 6 nitrogen and oxygen atoms in total. The molecule has 3 fully saturated rings. The molecule has 3 aliphatic rings. The zero-order valence-corrected chi connectivity index (χ0v) is 13.8. The molecule has 0 unspecified atom stereocenters. The van der Waals surface area contributed by atoms with E-state index in [4.69, 9.17) is 13.6 Å². The molecule has 4 heterocycles. The monoisotopic (exact) mass is 329 g/mol. The van der Waals surface area contributed by atoms with Crippen molar-refractivity contribution in [3.8, 4) is 0 Å². The van der Waals surface area contributed by atoms with E-state index in [-0.39, 0.29) is 6.10 Å². The number of nitrogens with zero attached hydrogens (tertiary/aromatic N) is 3. The topological polar surface area (TPSA) is 64.5 Å². The van der Waals surface area contributed by atoms with Crippen molar-refractivity contribution < 1.29 is 13.6 Å². The van der Waals surface area contributed by atoms with Gasteiger partial charge in [-0.25, -0.2) is 0 Å². The second-order valence-electron chi connectivity index (χ2n) is 7.41. The Hall–Kier alpha value is -1.66. The summed E-state index contributed by atoms with van der Waals surface area (Å²) in [5.41, 5.74) is 0. The van der Waals surface area contributed by atoms with E-state index < -0.39 is 0 Å². The molecule has 24 heavy (non-hydrogen) atoms. The lowest BCUT2D eigenvalue weighted by molar-refractivity contribution is 0.0787. The second-order valence-corrected chi connectivity index (χ2v) is 7.41. The van der Waals surface area contributed by atoms with Crippen molar-refractivity contribution in [2.24, 2.45) is 11.8 Å². The summed E-state index contributed by atoms with van der Waals surface area (Å²) in [6, 6.07) is 4.00. The summed E-state index contributed by atoms with van der Waals surface area (Å²) in [7, 11) is 0. The largest absolute Gasteiger partial charge is 0.468 e. The van der Waals surface area contributed by atoms with Crippen molar-refractivity contribution in [1.82, 2.24) is 15.1 Å². The Labute approximate surface area is 141 Å². The summed E-state index contributed by atoms with van der Waals surface area (Å²) in [5, 5.41) is 8.41. The van der Waals surface area contributed by atoms with E-state index in [0.29, 0.717) is 17.8 Å². The van der Waals surface area contributed by atoms with E-state index in [2.05, 4.69) is 15.1 Å². The van der Waals surface area contributed by atoms with Crippen LogP contribution in [0.2, 0.25) is 0 Å². The third-order valence-corrected chi connectivity index (χ3v) is 5.62. The van der Waals surface area contributed by atoms with Gasteiger partial charge in [-0.05, 0) is 43.9 Å². The molecule has 1 aliphatic carbocycles. The van der Waals surface area contributed by atoms with Gasteiger partial charge in [0.1, 0.15) is 5.76 Å². The molecule has 2 saturated heterocycles. The normalized spacial score (nSPS) is 30.6. The van der Waals surface area contributed by atoms with Crippen LogP contribution in [0.5, 0.6) is 0 Å². The lowest BCUT2D eigenvalue weighted by atomic mass is 9.83. The van der Waals surface area contributed by atoms with Crippen molar-refractivity contribution >= 4 is 0 Å². The Bertz CT molecular complexity index is 680. The van der Waals surface area contributed by atoms with Gasteiger partial charge >= 0.3 is 0 Å². The van der Waals surface area contributed by atoms with Gasteiger partial charge in [0.2, 0.25) is 11.8 Å². The number of fused-ring (bicyclic) bond motifs is 1. The van der Waals surface area contributed by atoms with E-state index in [9.17, 15) is 0 Å². The van der Waals surface area contributed by atoms with Crippen LogP contribution in [0.3, 0.4) is 0 Å². The average molecular weight is 329 g/mol. The first kappa shape index (κ1) is 14.7.